The molecule has 3 heterocycles. The number of benzene rings is 1. The SMILES string of the molecule is CNC1CN(c2cnc(C(=O)Nc3cc4cn(C)nc4cc3OC)cn2)CC1F. The predicted octanol–water partition coefficient (Wildman–Crippen LogP) is 1.37. The summed E-state index contributed by atoms with van der Waals surface area (Å²) in [6, 6.07) is 3.32. The number of hydrogen-bond acceptors (Lipinski definition) is 7. The van der Waals surface area contributed by atoms with E-state index in [2.05, 4.69) is 25.7 Å². The number of anilines is 2. The van der Waals surface area contributed by atoms with Gasteiger partial charge < -0.3 is 20.3 Å². The third-order valence-electron chi connectivity index (χ3n) is 5.00. The molecule has 1 amide bonds. The van der Waals surface area contributed by atoms with Gasteiger partial charge >= 0.3 is 0 Å². The maximum atomic E-state index is 13.9. The molecule has 3 aromatic rings. The lowest BCUT2D eigenvalue weighted by Gasteiger charge is -2.16. The first kappa shape index (κ1) is 19.1. The number of halogens is 1. The van der Waals surface area contributed by atoms with Crippen molar-refractivity contribution in [1.29, 1.82) is 0 Å². The molecular formula is C19H22FN7O2. The number of ether oxygens (including phenoxy) is 1. The van der Waals surface area contributed by atoms with E-state index in [9.17, 15) is 9.18 Å². The third kappa shape index (κ3) is 3.70. The van der Waals surface area contributed by atoms with Crippen LogP contribution in [0.3, 0.4) is 0 Å². The number of rotatable bonds is 5. The Labute approximate surface area is 166 Å². The molecule has 2 N–H and O–H groups in total. The van der Waals surface area contributed by atoms with Gasteiger partial charge in [0.15, 0.2) is 0 Å². The largest absolute Gasteiger partial charge is 0.494 e. The summed E-state index contributed by atoms with van der Waals surface area (Å²) in [5.41, 5.74) is 1.44. The van der Waals surface area contributed by atoms with Crippen LogP contribution in [-0.2, 0) is 7.05 Å². The number of amides is 1. The Hall–Kier alpha value is -3.27. The number of carbonyl (C=O) groups excluding carboxylic acids is 1. The Bertz CT molecular complexity index is 1040. The first-order valence-electron chi connectivity index (χ1n) is 9.19. The minimum absolute atomic E-state index is 0.156. The number of alkyl halides is 1. The lowest BCUT2D eigenvalue weighted by molar-refractivity contribution is 0.102. The Morgan fingerprint density at radius 1 is 1.28 bits per heavy atom. The Balaban J connectivity index is 1.51. The maximum Gasteiger partial charge on any atom is 0.275 e. The molecule has 1 aliphatic heterocycles. The Morgan fingerprint density at radius 2 is 2.10 bits per heavy atom. The average molecular weight is 399 g/mol. The molecule has 29 heavy (non-hydrogen) atoms. The van der Waals surface area contributed by atoms with E-state index < -0.39 is 12.1 Å². The highest BCUT2D eigenvalue weighted by Gasteiger charge is 2.32. The molecule has 0 bridgehead atoms. The zero-order chi connectivity index (χ0) is 20.5. The van der Waals surface area contributed by atoms with Crippen LogP contribution in [0.1, 0.15) is 10.5 Å². The van der Waals surface area contributed by atoms with E-state index in [1.807, 2.05) is 13.2 Å². The van der Waals surface area contributed by atoms with Gasteiger partial charge in [-0.3, -0.25) is 9.48 Å². The van der Waals surface area contributed by atoms with Crippen LogP contribution in [-0.4, -0.2) is 65.1 Å². The molecule has 0 radical (unpaired) electrons. The molecule has 1 fully saturated rings. The lowest BCUT2D eigenvalue weighted by Crippen LogP contribution is -2.34. The first-order valence-corrected chi connectivity index (χ1v) is 9.19. The molecule has 1 saturated heterocycles. The topological polar surface area (TPSA) is 97.2 Å². The molecule has 0 aliphatic carbocycles. The number of hydrogen-bond donors (Lipinski definition) is 2. The molecule has 0 spiro atoms. The van der Waals surface area contributed by atoms with Gasteiger partial charge in [-0.2, -0.15) is 5.10 Å². The second-order valence-electron chi connectivity index (χ2n) is 6.94. The van der Waals surface area contributed by atoms with Gasteiger partial charge in [0.2, 0.25) is 0 Å². The fraction of sp³-hybridized carbons (Fsp3) is 0.368. The first-order chi connectivity index (χ1) is 14.0. The predicted molar refractivity (Wildman–Crippen MR) is 107 cm³/mol. The number of fused-ring (bicyclic) bond motifs is 1. The summed E-state index contributed by atoms with van der Waals surface area (Å²) in [4.78, 5) is 22.9. The van der Waals surface area contributed by atoms with Crippen molar-refractivity contribution in [2.45, 2.75) is 12.2 Å². The maximum absolute atomic E-state index is 13.9. The second-order valence-corrected chi connectivity index (χ2v) is 6.94. The highest BCUT2D eigenvalue weighted by Crippen LogP contribution is 2.30. The highest BCUT2D eigenvalue weighted by atomic mass is 19.1. The van der Waals surface area contributed by atoms with E-state index in [1.165, 1.54) is 19.5 Å². The van der Waals surface area contributed by atoms with Crippen molar-refractivity contribution in [3.63, 3.8) is 0 Å². The third-order valence-corrected chi connectivity index (χ3v) is 5.00. The van der Waals surface area contributed by atoms with E-state index in [0.29, 0.717) is 23.8 Å². The molecule has 1 aliphatic rings. The minimum Gasteiger partial charge on any atom is -0.494 e. The van der Waals surface area contributed by atoms with Gasteiger partial charge in [0.1, 0.15) is 23.4 Å². The Kier molecular flexibility index (Phi) is 5.01. The fourth-order valence-electron chi connectivity index (χ4n) is 3.45. The van der Waals surface area contributed by atoms with E-state index in [-0.39, 0.29) is 18.3 Å². The van der Waals surface area contributed by atoms with E-state index in [0.717, 1.165) is 10.9 Å². The molecule has 4 rings (SSSR count). The number of aryl methyl sites for hydroxylation is 1. The summed E-state index contributed by atoms with van der Waals surface area (Å²) in [5.74, 6) is 0.623. The molecule has 1 aromatic carbocycles. The number of likely N-dealkylation sites (N-methyl/N-ethyl adjacent to an activating group) is 1. The van der Waals surface area contributed by atoms with Gasteiger partial charge in [-0.25, -0.2) is 14.4 Å². The molecule has 152 valence electrons. The second kappa shape index (κ2) is 7.63. The standard InChI is InChI=1S/C19H22FN7O2/c1-21-16-10-27(9-12(16)20)18-7-22-15(6-23-18)19(28)24-14-4-11-8-26(2)25-13(11)5-17(14)29-3/h4-8,12,16,21H,9-10H2,1-3H3,(H,24,28). The van der Waals surface area contributed by atoms with Crippen molar-refractivity contribution in [3.8, 4) is 5.75 Å². The minimum atomic E-state index is -0.973. The zero-order valence-electron chi connectivity index (χ0n) is 16.4. The van der Waals surface area contributed by atoms with Crippen LogP contribution in [0.5, 0.6) is 5.75 Å². The van der Waals surface area contributed by atoms with Crippen LogP contribution >= 0.6 is 0 Å². The van der Waals surface area contributed by atoms with Gasteiger partial charge in [-0.1, -0.05) is 0 Å². The highest BCUT2D eigenvalue weighted by molar-refractivity contribution is 6.04. The summed E-state index contributed by atoms with van der Waals surface area (Å²) in [5, 5.41) is 11.0. The zero-order valence-corrected chi connectivity index (χ0v) is 16.4. The van der Waals surface area contributed by atoms with Gasteiger partial charge in [-0.05, 0) is 13.1 Å². The van der Waals surface area contributed by atoms with Crippen molar-refractivity contribution < 1.29 is 13.9 Å². The van der Waals surface area contributed by atoms with Crippen molar-refractivity contribution in [2.24, 2.45) is 7.05 Å². The number of nitrogens with one attached hydrogen (secondary N) is 2. The van der Waals surface area contributed by atoms with Crippen LogP contribution in [0.25, 0.3) is 10.9 Å². The van der Waals surface area contributed by atoms with Crippen molar-refractivity contribution >= 4 is 28.3 Å². The molecule has 9 nitrogen and oxygen atoms in total. The summed E-state index contributed by atoms with van der Waals surface area (Å²) < 4.78 is 21.0. The summed E-state index contributed by atoms with van der Waals surface area (Å²) >= 11 is 0. The number of nitrogens with zero attached hydrogens (tertiary/aromatic N) is 5. The number of methoxy groups -OCH3 is 1. The average Bonchev–Trinajstić information content (AvgIpc) is 3.28. The summed E-state index contributed by atoms with van der Waals surface area (Å²) in [6.07, 6.45) is 3.76. The number of aromatic nitrogens is 4. The molecule has 10 heteroatoms. The molecule has 0 saturated carbocycles. The molecular weight excluding hydrogens is 377 g/mol. The van der Waals surface area contributed by atoms with Crippen molar-refractivity contribution in [2.75, 3.05) is 37.5 Å². The van der Waals surface area contributed by atoms with Gasteiger partial charge in [0.25, 0.3) is 5.91 Å². The molecule has 2 atom stereocenters. The van der Waals surface area contributed by atoms with Crippen LogP contribution in [0.4, 0.5) is 15.9 Å². The quantitative estimate of drug-likeness (QED) is 0.669. The van der Waals surface area contributed by atoms with Gasteiger partial charge in [-0.15, -0.1) is 0 Å². The van der Waals surface area contributed by atoms with Crippen LogP contribution < -0.4 is 20.3 Å². The van der Waals surface area contributed by atoms with E-state index in [4.69, 9.17) is 4.74 Å². The van der Waals surface area contributed by atoms with Crippen LogP contribution in [0, 0.1) is 0 Å². The molecule has 2 unspecified atom stereocenters. The number of carbonyl (C=O) groups is 1. The summed E-state index contributed by atoms with van der Waals surface area (Å²) in [7, 11) is 5.09. The summed E-state index contributed by atoms with van der Waals surface area (Å²) in [6.45, 7) is 0.744. The van der Waals surface area contributed by atoms with Crippen LogP contribution in [0.15, 0.2) is 30.7 Å². The van der Waals surface area contributed by atoms with Gasteiger partial charge in [0.05, 0.1) is 43.3 Å². The normalized spacial score (nSPS) is 19.0. The smallest absolute Gasteiger partial charge is 0.275 e. The lowest BCUT2D eigenvalue weighted by atomic mass is 10.2. The fourth-order valence-corrected chi connectivity index (χ4v) is 3.45. The monoisotopic (exact) mass is 399 g/mol. The van der Waals surface area contributed by atoms with Crippen LogP contribution in [0.2, 0.25) is 0 Å². The van der Waals surface area contributed by atoms with Gasteiger partial charge in [0, 0.05) is 31.2 Å². The van der Waals surface area contributed by atoms with Crippen molar-refractivity contribution in [3.05, 3.63) is 36.4 Å². The van der Waals surface area contributed by atoms with E-state index >= 15 is 0 Å². The van der Waals surface area contributed by atoms with Crippen molar-refractivity contribution in [1.82, 2.24) is 25.1 Å². The molecule has 2 aromatic heterocycles. The van der Waals surface area contributed by atoms with E-state index in [1.54, 1.807) is 28.8 Å². The Morgan fingerprint density at radius 3 is 2.76 bits per heavy atom.